The third-order valence-corrected chi connectivity index (χ3v) is 6.65. The molecule has 13 heteroatoms. The largest absolute Gasteiger partial charge is 0.323 e. The number of amides is 1. The van der Waals surface area contributed by atoms with Crippen molar-refractivity contribution in [1.82, 2.24) is 34.1 Å². The van der Waals surface area contributed by atoms with Gasteiger partial charge in [0.15, 0.2) is 11.5 Å². The second-order valence-electron chi connectivity index (χ2n) is 8.37. The number of thiazole rings is 1. The Balaban J connectivity index is 1.30. The predicted molar refractivity (Wildman–Crippen MR) is 139 cm³/mol. The van der Waals surface area contributed by atoms with Crippen molar-refractivity contribution in [2.24, 2.45) is 0 Å². The van der Waals surface area contributed by atoms with Gasteiger partial charge < -0.3 is 9.88 Å². The van der Waals surface area contributed by atoms with E-state index in [0.29, 0.717) is 33.3 Å². The average Bonchev–Trinajstić information content (AvgIpc) is 3.67. The van der Waals surface area contributed by atoms with E-state index < -0.39 is 24.7 Å². The Bertz CT molecular complexity index is 1780. The number of nitrogens with zero attached hydrogens (tertiary/aromatic N) is 7. The van der Waals surface area contributed by atoms with E-state index >= 15 is 0 Å². The van der Waals surface area contributed by atoms with Crippen LogP contribution in [0.1, 0.15) is 10.5 Å². The third-order valence-electron chi connectivity index (χ3n) is 5.76. The number of hydrogen-bond donors (Lipinski definition) is 1. The normalized spacial score (nSPS) is 11.4. The first kappa shape index (κ1) is 24.4. The first-order chi connectivity index (χ1) is 18.9. The Morgan fingerprint density at radius 2 is 1.79 bits per heavy atom. The molecule has 1 aromatic carbocycles. The Kier molecular flexibility index (Phi) is 6.32. The molecule has 0 unspecified atom stereocenters. The molecule has 0 atom stereocenters. The van der Waals surface area contributed by atoms with Crippen LogP contribution in [0.2, 0.25) is 0 Å². The van der Waals surface area contributed by atoms with E-state index in [2.05, 4.69) is 30.4 Å². The number of nitrogens with one attached hydrogen (secondary N) is 1. The Morgan fingerprint density at radius 1 is 1.00 bits per heavy atom. The Labute approximate surface area is 222 Å². The fraction of sp³-hybridized carbons (Fsp3) is 0.0769. The average molecular weight is 547 g/mol. The van der Waals surface area contributed by atoms with Crippen molar-refractivity contribution in [1.29, 1.82) is 0 Å². The van der Waals surface area contributed by atoms with Crippen molar-refractivity contribution in [3.63, 3.8) is 0 Å². The number of fused-ring (bicyclic) bond motifs is 1. The number of carbonyl (C=O) groups is 1. The molecule has 0 spiro atoms. The topological polar surface area (TPSA) is 103 Å². The highest BCUT2D eigenvalue weighted by molar-refractivity contribution is 7.13. The van der Waals surface area contributed by atoms with Gasteiger partial charge in [-0.25, -0.2) is 32.6 Å². The van der Waals surface area contributed by atoms with Gasteiger partial charge in [-0.05, 0) is 48.5 Å². The lowest BCUT2D eigenvalue weighted by atomic mass is 10.1. The maximum absolute atomic E-state index is 13.5. The Hall–Kier alpha value is -4.91. The second kappa shape index (κ2) is 10.1. The molecule has 0 aliphatic rings. The minimum absolute atomic E-state index is 0.234. The molecule has 194 valence electrons. The quantitative estimate of drug-likeness (QED) is 0.286. The number of pyridine rings is 1. The molecule has 5 heterocycles. The van der Waals surface area contributed by atoms with Gasteiger partial charge in [-0.15, -0.1) is 11.3 Å². The lowest BCUT2D eigenvalue weighted by Crippen LogP contribution is -2.12. The molecule has 9 nitrogen and oxygen atoms in total. The van der Waals surface area contributed by atoms with E-state index in [4.69, 9.17) is 0 Å². The van der Waals surface area contributed by atoms with Crippen LogP contribution >= 0.6 is 11.3 Å². The van der Waals surface area contributed by atoms with Crippen molar-refractivity contribution >= 4 is 28.7 Å². The van der Waals surface area contributed by atoms with E-state index in [9.17, 15) is 18.0 Å². The summed E-state index contributed by atoms with van der Waals surface area (Å²) in [6.45, 7) is -0.594. The van der Waals surface area contributed by atoms with Gasteiger partial charge in [0.1, 0.15) is 22.2 Å². The van der Waals surface area contributed by atoms with Crippen LogP contribution in [0.15, 0.2) is 78.8 Å². The number of anilines is 1. The zero-order chi connectivity index (χ0) is 26.9. The van der Waals surface area contributed by atoms with Crippen molar-refractivity contribution < 1.29 is 18.0 Å². The van der Waals surface area contributed by atoms with Gasteiger partial charge in [-0.1, -0.05) is 0 Å². The first-order valence-corrected chi connectivity index (χ1v) is 12.5. The molecule has 6 aromatic rings. The molecule has 0 bridgehead atoms. The van der Waals surface area contributed by atoms with E-state index in [0.717, 1.165) is 5.56 Å². The molecule has 0 aliphatic carbocycles. The standard InChI is InChI=1S/C26H17F3N8OS/c27-17-3-1-15(2-4-17)23-24(36(14-31-23)11-20(28)29)18-5-6-22-33-21(12-37(22)35-18)34-25(38)19-13-39-26(32-19)16-7-9-30-10-8-16/h1-10,12-14,20H,11H2,(H,34,38). The van der Waals surface area contributed by atoms with Gasteiger partial charge in [-0.3, -0.25) is 9.78 Å². The predicted octanol–water partition coefficient (Wildman–Crippen LogP) is 5.43. The summed E-state index contributed by atoms with van der Waals surface area (Å²) in [5, 5.41) is 9.59. The highest BCUT2D eigenvalue weighted by Crippen LogP contribution is 2.31. The summed E-state index contributed by atoms with van der Waals surface area (Å²) < 4.78 is 42.8. The van der Waals surface area contributed by atoms with Crippen LogP contribution in [0.3, 0.4) is 0 Å². The summed E-state index contributed by atoms with van der Waals surface area (Å²) >= 11 is 1.33. The second-order valence-corrected chi connectivity index (χ2v) is 9.23. The molecule has 1 amide bonds. The van der Waals surface area contributed by atoms with Gasteiger partial charge in [0, 0.05) is 28.9 Å². The molecule has 39 heavy (non-hydrogen) atoms. The maximum atomic E-state index is 13.5. The molecule has 0 saturated carbocycles. The summed E-state index contributed by atoms with van der Waals surface area (Å²) in [6, 6.07) is 12.5. The van der Waals surface area contributed by atoms with E-state index in [1.54, 1.807) is 42.0 Å². The number of halogens is 3. The molecule has 6 rings (SSSR count). The highest BCUT2D eigenvalue weighted by atomic mass is 32.1. The van der Waals surface area contributed by atoms with Crippen molar-refractivity contribution in [3.05, 3.63) is 90.3 Å². The van der Waals surface area contributed by atoms with Crippen LogP contribution in [-0.4, -0.2) is 46.4 Å². The first-order valence-electron chi connectivity index (χ1n) is 11.6. The summed E-state index contributed by atoms with van der Waals surface area (Å²) in [7, 11) is 0. The van der Waals surface area contributed by atoms with E-state index in [1.807, 2.05) is 0 Å². The van der Waals surface area contributed by atoms with Crippen LogP contribution in [0.4, 0.5) is 19.0 Å². The van der Waals surface area contributed by atoms with Gasteiger partial charge in [0.2, 0.25) is 0 Å². The number of hydrogen-bond acceptors (Lipinski definition) is 7. The number of alkyl halides is 2. The number of aromatic nitrogens is 7. The molecule has 0 saturated heterocycles. The Morgan fingerprint density at radius 3 is 2.56 bits per heavy atom. The van der Waals surface area contributed by atoms with Gasteiger partial charge in [-0.2, -0.15) is 5.10 Å². The fourth-order valence-corrected chi connectivity index (χ4v) is 4.82. The summed E-state index contributed by atoms with van der Waals surface area (Å²) in [4.78, 5) is 29.9. The van der Waals surface area contributed by atoms with Crippen LogP contribution in [-0.2, 0) is 6.54 Å². The minimum Gasteiger partial charge on any atom is -0.323 e. The molecule has 0 aliphatic heterocycles. The van der Waals surface area contributed by atoms with Crippen molar-refractivity contribution in [2.45, 2.75) is 13.0 Å². The number of carbonyl (C=O) groups excluding carboxylic acids is 1. The van der Waals surface area contributed by atoms with Crippen molar-refractivity contribution in [3.8, 4) is 33.2 Å². The number of benzene rings is 1. The fourth-order valence-electron chi connectivity index (χ4n) is 4.01. The zero-order valence-corrected chi connectivity index (χ0v) is 20.7. The van der Waals surface area contributed by atoms with E-state index in [1.165, 1.54) is 57.2 Å². The number of imidazole rings is 2. The molecule has 1 N–H and O–H groups in total. The van der Waals surface area contributed by atoms with Crippen LogP contribution < -0.4 is 5.32 Å². The van der Waals surface area contributed by atoms with Crippen LogP contribution in [0.25, 0.3) is 38.9 Å². The minimum atomic E-state index is -2.62. The zero-order valence-electron chi connectivity index (χ0n) is 19.9. The molecular weight excluding hydrogens is 529 g/mol. The highest BCUT2D eigenvalue weighted by Gasteiger charge is 2.20. The van der Waals surface area contributed by atoms with Gasteiger partial charge >= 0.3 is 0 Å². The van der Waals surface area contributed by atoms with Gasteiger partial charge in [0.05, 0.1) is 30.5 Å². The molecule has 5 aromatic heterocycles. The van der Waals surface area contributed by atoms with Gasteiger partial charge in [0.25, 0.3) is 12.3 Å². The van der Waals surface area contributed by atoms with Crippen LogP contribution in [0.5, 0.6) is 0 Å². The molecule has 0 fully saturated rings. The van der Waals surface area contributed by atoms with E-state index in [-0.39, 0.29) is 11.5 Å². The SMILES string of the molecule is O=C(Nc1cn2nc(-c3c(-c4ccc(F)cc4)ncn3CC(F)F)ccc2n1)c1csc(-c2ccncc2)n1. The lowest BCUT2D eigenvalue weighted by Gasteiger charge is -2.10. The summed E-state index contributed by atoms with van der Waals surface area (Å²) in [5.41, 5.74) is 3.12. The smallest absolute Gasteiger partial charge is 0.276 e. The summed E-state index contributed by atoms with van der Waals surface area (Å²) in [6.07, 6.45) is 3.50. The summed E-state index contributed by atoms with van der Waals surface area (Å²) in [5.74, 6) is -0.627. The van der Waals surface area contributed by atoms with Crippen molar-refractivity contribution in [2.75, 3.05) is 5.32 Å². The molecule has 0 radical (unpaired) electrons. The number of rotatable bonds is 7. The third kappa shape index (κ3) is 4.99. The molecular formula is C26H17F3N8OS. The lowest BCUT2D eigenvalue weighted by molar-refractivity contribution is 0.102. The monoisotopic (exact) mass is 546 g/mol. The van der Waals surface area contributed by atoms with Crippen LogP contribution in [0, 0.1) is 5.82 Å². The maximum Gasteiger partial charge on any atom is 0.276 e.